The van der Waals surface area contributed by atoms with Gasteiger partial charge in [-0.1, -0.05) is 53.2 Å². The predicted octanol–water partition coefficient (Wildman–Crippen LogP) is 0.644. The van der Waals surface area contributed by atoms with Crippen LogP contribution < -0.4 is 0 Å². The number of aliphatic hydroxyl groups is 7. The molecule has 8 aliphatic rings. The molecule has 0 aromatic rings. The quantitative estimate of drug-likeness (QED) is 0.0772. The van der Waals surface area contributed by atoms with Crippen LogP contribution in [0.1, 0.15) is 106 Å². The predicted molar refractivity (Wildman–Crippen MR) is 227 cm³/mol. The van der Waals surface area contributed by atoms with Gasteiger partial charge in [0.2, 0.25) is 12.6 Å². The second kappa shape index (κ2) is 17.7. The van der Waals surface area contributed by atoms with E-state index < -0.39 is 128 Å². The number of carboxylic acid groups (broad SMARTS) is 3. The molecule has 0 bridgehead atoms. The molecular weight excluding hydrogens is 900 g/mol. The van der Waals surface area contributed by atoms with Gasteiger partial charge < -0.3 is 84.2 Å². The maximum absolute atomic E-state index is 14.7. The molecule has 10 N–H and O–H groups in total. The van der Waals surface area contributed by atoms with Gasteiger partial charge in [-0.05, 0) is 104 Å². The van der Waals surface area contributed by atoms with E-state index in [1.807, 2.05) is 6.92 Å². The molecule has 4 saturated carbocycles. The van der Waals surface area contributed by atoms with E-state index in [0.717, 1.165) is 12.8 Å². The monoisotopic (exact) mass is 970 g/mol. The largest absolute Gasteiger partial charge is 0.480 e. The number of aliphatic carboxylic acids is 3. The molecule has 21 nitrogen and oxygen atoms in total. The van der Waals surface area contributed by atoms with Crippen LogP contribution in [0.3, 0.4) is 0 Å². The van der Waals surface area contributed by atoms with Crippen molar-refractivity contribution in [2.24, 2.45) is 50.2 Å². The zero-order valence-electron chi connectivity index (χ0n) is 39.4. The van der Waals surface area contributed by atoms with Crippen molar-refractivity contribution in [1.82, 2.24) is 0 Å². The van der Waals surface area contributed by atoms with Gasteiger partial charge in [-0.25, -0.2) is 14.4 Å². The Balaban J connectivity index is 1.05. The first-order valence-corrected chi connectivity index (χ1v) is 23.9. The summed E-state index contributed by atoms with van der Waals surface area (Å²) < 4.78 is 39.8. The summed E-state index contributed by atoms with van der Waals surface area (Å²) in [6.07, 6.45) is -11.8. The Morgan fingerprint density at radius 1 is 0.765 bits per heavy atom. The third-order valence-corrected chi connectivity index (χ3v) is 18.8. The van der Waals surface area contributed by atoms with Gasteiger partial charge in [-0.3, -0.25) is 4.79 Å². The van der Waals surface area contributed by atoms with E-state index in [9.17, 15) is 70.2 Å². The Labute approximate surface area is 393 Å². The number of allylic oxidation sites excluding steroid dienone is 2. The van der Waals surface area contributed by atoms with E-state index in [1.54, 1.807) is 0 Å². The van der Waals surface area contributed by atoms with Crippen LogP contribution >= 0.6 is 0 Å². The Morgan fingerprint density at radius 2 is 1.46 bits per heavy atom. The molecular formula is C47H70O21. The highest BCUT2D eigenvalue weighted by atomic mass is 16.8. The van der Waals surface area contributed by atoms with Crippen LogP contribution in [0, 0.1) is 50.2 Å². The van der Waals surface area contributed by atoms with Gasteiger partial charge in [0.15, 0.2) is 12.4 Å². The minimum atomic E-state index is -3.37. The van der Waals surface area contributed by atoms with E-state index in [4.69, 9.17) is 33.2 Å². The topological polar surface area (TPSA) is 335 Å². The van der Waals surface area contributed by atoms with Crippen molar-refractivity contribution in [2.75, 3.05) is 19.8 Å². The molecule has 3 heterocycles. The summed E-state index contributed by atoms with van der Waals surface area (Å²) in [6.45, 7) is 11.1. The van der Waals surface area contributed by atoms with Crippen LogP contribution in [-0.4, -0.2) is 174 Å². The number of hydrogen-bond donors (Lipinski definition) is 10. The molecule has 384 valence electrons. The fourth-order valence-electron chi connectivity index (χ4n) is 14.8. The van der Waals surface area contributed by atoms with Crippen molar-refractivity contribution >= 4 is 23.9 Å². The van der Waals surface area contributed by atoms with Crippen molar-refractivity contribution in [3.05, 3.63) is 11.6 Å². The van der Waals surface area contributed by atoms with Crippen molar-refractivity contribution < 1.29 is 103 Å². The Hall–Kier alpha value is -2.90. The maximum Gasteiger partial charge on any atom is 0.369 e. The van der Waals surface area contributed by atoms with E-state index in [1.165, 1.54) is 5.57 Å². The first-order chi connectivity index (χ1) is 31.7. The van der Waals surface area contributed by atoms with Gasteiger partial charge in [-0.2, -0.15) is 0 Å². The third-order valence-electron chi connectivity index (χ3n) is 18.8. The molecule has 3 aliphatic heterocycles. The Kier molecular flexibility index (Phi) is 13.4. The number of esters is 1. The number of fused-ring (bicyclic) bond motifs is 8. The highest BCUT2D eigenvalue weighted by molar-refractivity contribution is 5.79. The average molecular weight is 971 g/mol. The normalized spacial score (nSPS) is 50.7. The van der Waals surface area contributed by atoms with Gasteiger partial charge in [0.1, 0.15) is 49.3 Å². The molecule has 0 amide bonds. The summed E-state index contributed by atoms with van der Waals surface area (Å²) in [5, 5.41) is 105. The second-order valence-electron chi connectivity index (χ2n) is 22.8. The van der Waals surface area contributed by atoms with Crippen LogP contribution in [0.4, 0.5) is 0 Å². The lowest BCUT2D eigenvalue weighted by molar-refractivity contribution is -0.435. The Bertz CT molecular complexity index is 2010. The van der Waals surface area contributed by atoms with Gasteiger partial charge in [0.05, 0.1) is 24.7 Å². The lowest BCUT2D eigenvalue weighted by Crippen LogP contribution is -2.72. The summed E-state index contributed by atoms with van der Waals surface area (Å²) in [6, 6.07) is 0. The highest BCUT2D eigenvalue weighted by Gasteiger charge is 2.71. The molecule has 7 fully saturated rings. The first kappa shape index (κ1) is 51.5. The number of carbonyl (C=O) groups is 4. The summed E-state index contributed by atoms with van der Waals surface area (Å²) in [7, 11) is 0. The van der Waals surface area contributed by atoms with E-state index in [0.29, 0.717) is 51.4 Å². The SMILES string of the molecule is CC1(C)CC[C@]2(C(=O)O[C@@H]3O[C@H](CO)[C@@H](O)[C@H](O)[C@H]3O)CC[C@]3(C)C(=CC[C@@H]4[C@@]5(C)CC[C@H](O[C@@H]6O[C@H](C(=O)O)[C@H]7O[C@@](O)(C(=O)O)[C@@H](OCC(=O)O)O[C@@H]7[C@H]6O)[C@@](C)(CO)[C@H]5CC[C@]43C)[C@@H]2C1. The van der Waals surface area contributed by atoms with Gasteiger partial charge >= 0.3 is 29.7 Å². The molecule has 8 rings (SSSR count). The average Bonchev–Trinajstić information content (AvgIpc) is 3.27. The van der Waals surface area contributed by atoms with Gasteiger partial charge in [0, 0.05) is 5.41 Å². The van der Waals surface area contributed by atoms with Crippen LogP contribution in [0.25, 0.3) is 0 Å². The molecule has 21 heteroatoms. The molecule has 21 atom stereocenters. The fraction of sp³-hybridized carbons (Fsp3) is 0.872. The minimum Gasteiger partial charge on any atom is -0.480 e. The van der Waals surface area contributed by atoms with Crippen LogP contribution in [0.2, 0.25) is 0 Å². The van der Waals surface area contributed by atoms with Crippen molar-refractivity contribution in [2.45, 2.75) is 185 Å². The first-order valence-electron chi connectivity index (χ1n) is 23.9. The molecule has 5 aliphatic carbocycles. The van der Waals surface area contributed by atoms with E-state index in [-0.39, 0.29) is 46.0 Å². The summed E-state index contributed by atoms with van der Waals surface area (Å²) in [4.78, 5) is 50.7. The second-order valence-corrected chi connectivity index (χ2v) is 22.8. The smallest absolute Gasteiger partial charge is 0.369 e. The molecule has 0 aromatic carbocycles. The Morgan fingerprint density at radius 3 is 2.09 bits per heavy atom. The number of hydrogen-bond acceptors (Lipinski definition) is 18. The highest BCUT2D eigenvalue weighted by Crippen LogP contribution is 2.76. The molecule has 0 radical (unpaired) electrons. The van der Waals surface area contributed by atoms with E-state index >= 15 is 0 Å². The standard InChI is InChI=1S/C47H70O21/c1-41(2)13-15-46(39(60)67-36-30(54)29(53)28(52)23(18-48)63-36)16-14-44(5)21(22(46)17-41)7-8-25-42(3)11-10-26(43(4,20-49)24(42)9-12-45(25,44)6)64-37-31(55)32-33(34(65-37)35(56)57)68-47(61,38(58)59)40(66-32)62-19-27(50)51/h7,22-26,28-34,36-37,40,48-49,52-55,61H,8-20H2,1-6H3,(H,50,51)(H,56,57)(H,58,59)/t22-,23+,24-,25+,26-,28+,29-,30+,31+,32+,33-,34-,36-,37+,40-,42-,43-,44+,45+,46-,47-/m0/s1. The zero-order valence-corrected chi connectivity index (χ0v) is 39.4. The van der Waals surface area contributed by atoms with Gasteiger partial charge in [-0.15, -0.1) is 0 Å². The molecule has 0 spiro atoms. The lowest BCUT2D eigenvalue weighted by Gasteiger charge is -2.71. The summed E-state index contributed by atoms with van der Waals surface area (Å²) in [5.74, 6) is -9.47. The lowest BCUT2D eigenvalue weighted by atomic mass is 9.33. The van der Waals surface area contributed by atoms with Crippen LogP contribution in [0.5, 0.6) is 0 Å². The van der Waals surface area contributed by atoms with Gasteiger partial charge in [0.25, 0.3) is 0 Å². The van der Waals surface area contributed by atoms with Crippen molar-refractivity contribution in [3.8, 4) is 0 Å². The number of aliphatic hydroxyl groups excluding tert-OH is 6. The fourth-order valence-corrected chi connectivity index (χ4v) is 14.8. The van der Waals surface area contributed by atoms with Crippen molar-refractivity contribution in [3.63, 3.8) is 0 Å². The van der Waals surface area contributed by atoms with E-state index in [2.05, 4.69) is 40.7 Å². The number of carboxylic acids is 3. The van der Waals surface area contributed by atoms with Crippen molar-refractivity contribution in [1.29, 1.82) is 0 Å². The van der Waals surface area contributed by atoms with Crippen LogP contribution in [-0.2, 0) is 52.3 Å². The number of carbonyl (C=O) groups excluding carboxylic acids is 1. The molecule has 0 unspecified atom stereocenters. The number of rotatable bonds is 11. The van der Waals surface area contributed by atoms with Crippen LogP contribution in [0.15, 0.2) is 11.6 Å². The minimum absolute atomic E-state index is 0.0941. The zero-order chi connectivity index (χ0) is 49.9. The number of ether oxygens (including phenoxy) is 7. The third kappa shape index (κ3) is 7.76. The summed E-state index contributed by atoms with van der Waals surface area (Å²) >= 11 is 0. The summed E-state index contributed by atoms with van der Waals surface area (Å²) in [5.41, 5.74) is -1.89. The maximum atomic E-state index is 14.7. The molecule has 3 saturated heterocycles. The molecule has 68 heavy (non-hydrogen) atoms. The molecule has 0 aromatic heterocycles.